The summed E-state index contributed by atoms with van der Waals surface area (Å²) < 4.78 is 16.4. The minimum Gasteiger partial charge on any atom is -0.497 e. The number of hydrogen-bond acceptors (Lipinski definition) is 6. The van der Waals surface area contributed by atoms with Gasteiger partial charge in [0.2, 0.25) is 11.8 Å². The topological polar surface area (TPSA) is 82.1 Å². The standard InChI is InChI=1S/C42H33NO6/c1-47-31-20-14-26(15-21-31)34-35(27-16-22-32(48-2)23-17-27)42(29-12-8-5-9-13-29)37-36(41(34,40(42)46)28-10-6-4-7-11-28)38(44)43(39(37)45)30-18-24-33(49-3)25-19-30/h4-25,36-37H,1-3H3/t36-,37+,41+,42-. The van der Waals surface area contributed by atoms with Crippen molar-refractivity contribution in [3.05, 3.63) is 156 Å². The lowest BCUT2D eigenvalue weighted by molar-refractivity contribution is -0.130. The van der Waals surface area contributed by atoms with Crippen molar-refractivity contribution in [3.63, 3.8) is 0 Å². The van der Waals surface area contributed by atoms with Gasteiger partial charge in [-0.05, 0) is 81.9 Å². The van der Waals surface area contributed by atoms with Gasteiger partial charge in [-0.1, -0.05) is 84.9 Å². The molecule has 4 atom stereocenters. The highest BCUT2D eigenvalue weighted by Crippen LogP contribution is 2.74. The van der Waals surface area contributed by atoms with Crippen molar-refractivity contribution in [1.82, 2.24) is 0 Å². The van der Waals surface area contributed by atoms with Crippen LogP contribution in [0.1, 0.15) is 22.3 Å². The number of benzene rings is 5. The van der Waals surface area contributed by atoms with Crippen LogP contribution in [0.2, 0.25) is 0 Å². The van der Waals surface area contributed by atoms with Crippen LogP contribution in [-0.2, 0) is 25.2 Å². The SMILES string of the molecule is COc1ccc(C2=C(c3ccc(OC)cc3)[C@]3(c4ccccc4)C(=O)[C@@]2(c2ccccc2)[C@@H]2C(=O)N(c4ccc(OC)cc4)C(=O)[C@@H]23)cc1. The van der Waals surface area contributed by atoms with Gasteiger partial charge in [-0.25, -0.2) is 4.90 Å². The Morgan fingerprint density at radius 2 is 0.816 bits per heavy atom. The van der Waals surface area contributed by atoms with Crippen molar-refractivity contribution in [2.75, 3.05) is 26.2 Å². The Labute approximate surface area is 284 Å². The fraction of sp³-hybridized carbons (Fsp3) is 0.167. The second-order valence-corrected chi connectivity index (χ2v) is 12.5. The van der Waals surface area contributed by atoms with E-state index in [1.54, 1.807) is 45.6 Å². The molecule has 7 heteroatoms. The molecule has 242 valence electrons. The van der Waals surface area contributed by atoms with E-state index >= 15 is 14.4 Å². The second kappa shape index (κ2) is 11.3. The third-order valence-electron chi connectivity index (χ3n) is 10.5. The summed E-state index contributed by atoms with van der Waals surface area (Å²) in [6, 6.07) is 41.0. The quantitative estimate of drug-likeness (QED) is 0.171. The first-order valence-electron chi connectivity index (χ1n) is 16.1. The molecule has 0 radical (unpaired) electrons. The van der Waals surface area contributed by atoms with Crippen molar-refractivity contribution in [2.24, 2.45) is 11.8 Å². The molecule has 0 N–H and O–H groups in total. The number of allylic oxidation sites excluding steroid dienone is 2. The highest BCUT2D eigenvalue weighted by atomic mass is 16.5. The number of hydrogen-bond donors (Lipinski definition) is 0. The largest absolute Gasteiger partial charge is 0.497 e. The number of amides is 2. The molecule has 1 saturated carbocycles. The Hall–Kier alpha value is -5.95. The third kappa shape index (κ3) is 3.99. The lowest BCUT2D eigenvalue weighted by Crippen LogP contribution is -2.45. The molecule has 3 aliphatic rings. The van der Waals surface area contributed by atoms with E-state index in [0.29, 0.717) is 45.2 Å². The zero-order chi connectivity index (χ0) is 33.9. The van der Waals surface area contributed by atoms with Gasteiger partial charge in [0.1, 0.15) is 17.2 Å². The minimum absolute atomic E-state index is 0.180. The number of imide groups is 1. The number of rotatable bonds is 8. The summed E-state index contributed by atoms with van der Waals surface area (Å²) in [6.45, 7) is 0. The number of anilines is 1. The third-order valence-corrected chi connectivity index (χ3v) is 10.5. The van der Waals surface area contributed by atoms with Gasteiger partial charge in [0.05, 0.1) is 49.7 Å². The molecule has 2 fully saturated rings. The number of Topliss-reactive ketones (excluding diaryl/α,β-unsaturated/α-hetero) is 1. The fourth-order valence-corrected chi connectivity index (χ4v) is 8.63. The fourth-order valence-electron chi connectivity index (χ4n) is 8.63. The Kier molecular flexibility index (Phi) is 7.03. The summed E-state index contributed by atoms with van der Waals surface area (Å²) in [5.41, 5.74) is 1.71. The van der Waals surface area contributed by atoms with Crippen molar-refractivity contribution >= 4 is 34.4 Å². The molecule has 1 aliphatic heterocycles. The van der Waals surface area contributed by atoms with Crippen LogP contribution in [0.25, 0.3) is 11.1 Å². The van der Waals surface area contributed by atoms with Crippen molar-refractivity contribution in [2.45, 2.75) is 10.8 Å². The number of ether oxygens (including phenoxy) is 3. The number of fused-ring (bicyclic) bond motifs is 5. The van der Waals surface area contributed by atoms with Crippen LogP contribution in [-0.4, -0.2) is 38.9 Å². The molecule has 8 rings (SSSR count). The lowest BCUT2D eigenvalue weighted by Gasteiger charge is -2.39. The molecule has 1 saturated heterocycles. The summed E-state index contributed by atoms with van der Waals surface area (Å²) >= 11 is 0. The van der Waals surface area contributed by atoms with Gasteiger partial charge >= 0.3 is 0 Å². The van der Waals surface area contributed by atoms with Gasteiger partial charge in [-0.15, -0.1) is 0 Å². The molecule has 0 spiro atoms. The maximum atomic E-state index is 16.0. The number of nitrogens with zero attached hydrogens (tertiary/aromatic N) is 1. The van der Waals surface area contributed by atoms with E-state index < -0.39 is 34.5 Å². The summed E-state index contributed by atoms with van der Waals surface area (Å²) in [5.74, 6) is -1.11. The van der Waals surface area contributed by atoms with E-state index in [1.807, 2.05) is 109 Å². The van der Waals surface area contributed by atoms with E-state index in [1.165, 1.54) is 4.90 Å². The van der Waals surface area contributed by atoms with Crippen LogP contribution in [0.5, 0.6) is 17.2 Å². The Morgan fingerprint density at radius 3 is 1.16 bits per heavy atom. The first kappa shape index (κ1) is 30.4. The van der Waals surface area contributed by atoms with Crippen LogP contribution in [0.15, 0.2) is 133 Å². The zero-order valence-electron chi connectivity index (χ0n) is 27.3. The molecule has 2 aliphatic carbocycles. The Bertz CT molecular complexity index is 2000. The summed E-state index contributed by atoms with van der Waals surface area (Å²) in [5, 5.41) is 0. The highest BCUT2D eigenvalue weighted by Gasteiger charge is 2.82. The molecular weight excluding hydrogens is 614 g/mol. The van der Waals surface area contributed by atoms with E-state index in [-0.39, 0.29) is 5.78 Å². The maximum absolute atomic E-state index is 16.0. The average Bonchev–Trinajstić information content (AvgIpc) is 3.67. The molecule has 2 amide bonds. The van der Waals surface area contributed by atoms with E-state index in [0.717, 1.165) is 11.1 Å². The van der Waals surface area contributed by atoms with Crippen LogP contribution in [0.3, 0.4) is 0 Å². The molecule has 0 aromatic heterocycles. The van der Waals surface area contributed by atoms with Gasteiger partial charge in [-0.2, -0.15) is 0 Å². The molecular formula is C42H33NO6. The van der Waals surface area contributed by atoms with Crippen LogP contribution < -0.4 is 19.1 Å². The number of ketones is 1. The first-order chi connectivity index (χ1) is 23.9. The molecule has 1 heterocycles. The molecule has 49 heavy (non-hydrogen) atoms. The minimum atomic E-state index is -1.50. The van der Waals surface area contributed by atoms with Gasteiger partial charge in [0, 0.05) is 0 Å². The van der Waals surface area contributed by atoms with Crippen LogP contribution in [0.4, 0.5) is 5.69 Å². The lowest BCUT2D eigenvalue weighted by atomic mass is 9.59. The molecule has 5 aromatic carbocycles. The van der Waals surface area contributed by atoms with Gasteiger partial charge in [0.15, 0.2) is 5.78 Å². The number of methoxy groups -OCH3 is 3. The summed E-state index contributed by atoms with van der Waals surface area (Å²) in [4.78, 5) is 47.5. The first-order valence-corrected chi connectivity index (χ1v) is 16.1. The second-order valence-electron chi connectivity index (χ2n) is 12.5. The van der Waals surface area contributed by atoms with E-state index in [4.69, 9.17) is 14.2 Å². The van der Waals surface area contributed by atoms with E-state index in [2.05, 4.69) is 0 Å². The maximum Gasteiger partial charge on any atom is 0.239 e. The number of carbonyl (C=O) groups excluding carboxylic acids is 3. The highest BCUT2D eigenvalue weighted by molar-refractivity contribution is 6.39. The van der Waals surface area contributed by atoms with Gasteiger partial charge in [-0.3, -0.25) is 14.4 Å². The molecule has 5 aromatic rings. The van der Waals surface area contributed by atoms with Crippen molar-refractivity contribution in [3.8, 4) is 17.2 Å². The summed E-state index contributed by atoms with van der Waals surface area (Å²) in [6.07, 6.45) is 0. The predicted octanol–water partition coefficient (Wildman–Crippen LogP) is 6.90. The van der Waals surface area contributed by atoms with Crippen LogP contribution >= 0.6 is 0 Å². The summed E-state index contributed by atoms with van der Waals surface area (Å²) in [7, 11) is 4.78. The average molecular weight is 648 g/mol. The van der Waals surface area contributed by atoms with Crippen molar-refractivity contribution < 1.29 is 28.6 Å². The van der Waals surface area contributed by atoms with E-state index in [9.17, 15) is 0 Å². The monoisotopic (exact) mass is 647 g/mol. The smallest absolute Gasteiger partial charge is 0.239 e. The molecule has 0 unspecified atom stereocenters. The van der Waals surface area contributed by atoms with Gasteiger partial charge in [0.25, 0.3) is 0 Å². The normalized spacial score (nSPS) is 24.0. The van der Waals surface area contributed by atoms with Crippen molar-refractivity contribution in [1.29, 1.82) is 0 Å². The van der Waals surface area contributed by atoms with Gasteiger partial charge < -0.3 is 14.2 Å². The zero-order valence-corrected chi connectivity index (χ0v) is 27.3. The predicted molar refractivity (Wildman–Crippen MR) is 187 cm³/mol. The molecule has 7 nitrogen and oxygen atoms in total. The Balaban J connectivity index is 1.52. The van der Waals surface area contributed by atoms with Crippen LogP contribution in [0, 0.1) is 11.8 Å². The molecule has 2 bridgehead atoms. The Morgan fingerprint density at radius 1 is 0.469 bits per heavy atom. The number of carbonyl (C=O) groups is 3.